The molecule has 0 unspecified atom stereocenters. The van der Waals surface area contributed by atoms with Gasteiger partial charge in [0.25, 0.3) is 0 Å². The number of aryl methyl sites for hydroxylation is 1. The molecule has 2 aromatic rings. The fraction of sp³-hybridized carbons (Fsp3) is 0.707. The van der Waals surface area contributed by atoms with Gasteiger partial charge in [0.2, 0.25) is 0 Å². The van der Waals surface area contributed by atoms with Crippen molar-refractivity contribution >= 4 is 16.9 Å². The molecule has 4 aliphatic carbocycles. The van der Waals surface area contributed by atoms with Crippen molar-refractivity contribution < 1.29 is 18.7 Å². The van der Waals surface area contributed by atoms with Crippen molar-refractivity contribution in [3.8, 4) is 5.75 Å². The molecule has 1 aromatic heterocycles. The van der Waals surface area contributed by atoms with Gasteiger partial charge in [-0.25, -0.2) is 9.59 Å². The molecule has 0 saturated heterocycles. The van der Waals surface area contributed by atoms with Crippen LogP contribution in [-0.4, -0.2) is 18.7 Å². The first-order chi connectivity index (χ1) is 22.0. The van der Waals surface area contributed by atoms with E-state index < -0.39 is 0 Å². The van der Waals surface area contributed by atoms with E-state index >= 15 is 0 Å². The molecular formula is C41H58O5. The summed E-state index contributed by atoms with van der Waals surface area (Å²) < 4.78 is 17.2. The quantitative estimate of drug-likeness (QED) is 0.140. The van der Waals surface area contributed by atoms with Gasteiger partial charge in [-0.1, -0.05) is 78.9 Å². The molecule has 0 amide bonds. The largest absolute Gasteiger partial charge is 0.482 e. The van der Waals surface area contributed by atoms with E-state index in [2.05, 4.69) is 47.6 Å². The second-order valence-corrected chi connectivity index (χ2v) is 16.4. The summed E-state index contributed by atoms with van der Waals surface area (Å²) in [6.45, 7) is 14.4. The number of fused-ring (bicyclic) bond motifs is 6. The Bertz CT molecular complexity index is 1490. The van der Waals surface area contributed by atoms with Gasteiger partial charge in [-0.15, -0.1) is 0 Å². The minimum absolute atomic E-state index is 0.0883. The molecule has 1 aromatic carbocycles. The van der Waals surface area contributed by atoms with Crippen LogP contribution in [0.5, 0.6) is 5.75 Å². The highest BCUT2D eigenvalue weighted by atomic mass is 16.6. The minimum Gasteiger partial charge on any atom is -0.482 e. The summed E-state index contributed by atoms with van der Waals surface area (Å²) in [5.41, 5.74) is 3.37. The van der Waals surface area contributed by atoms with E-state index in [1.54, 1.807) is 12.1 Å². The van der Waals surface area contributed by atoms with Gasteiger partial charge in [0, 0.05) is 23.9 Å². The number of benzene rings is 1. The van der Waals surface area contributed by atoms with Crippen LogP contribution in [0, 0.1) is 46.3 Å². The Morgan fingerprint density at radius 2 is 1.85 bits per heavy atom. The first-order valence-corrected chi connectivity index (χ1v) is 18.6. The Morgan fingerprint density at radius 3 is 2.63 bits per heavy atom. The molecule has 5 nitrogen and oxygen atoms in total. The third-order valence-electron chi connectivity index (χ3n) is 13.2. The predicted molar refractivity (Wildman–Crippen MR) is 185 cm³/mol. The summed E-state index contributed by atoms with van der Waals surface area (Å²) >= 11 is 0. The van der Waals surface area contributed by atoms with Crippen LogP contribution in [0.15, 0.2) is 45.1 Å². The van der Waals surface area contributed by atoms with Crippen molar-refractivity contribution in [3.05, 3.63) is 51.9 Å². The lowest BCUT2D eigenvalue weighted by atomic mass is 9.47. The number of rotatable bonds is 11. The van der Waals surface area contributed by atoms with Crippen LogP contribution < -0.4 is 10.4 Å². The molecule has 0 spiro atoms. The lowest BCUT2D eigenvalue weighted by molar-refractivity contribution is -0.153. The Kier molecular flexibility index (Phi) is 9.80. The van der Waals surface area contributed by atoms with E-state index in [0.717, 1.165) is 78.6 Å². The highest BCUT2D eigenvalue weighted by molar-refractivity contribution is 5.81. The molecule has 46 heavy (non-hydrogen) atoms. The van der Waals surface area contributed by atoms with Crippen LogP contribution in [0.4, 0.5) is 0 Å². The van der Waals surface area contributed by atoms with Crippen molar-refractivity contribution in [1.82, 2.24) is 0 Å². The molecule has 0 aliphatic heterocycles. The molecule has 0 radical (unpaired) electrons. The van der Waals surface area contributed by atoms with E-state index in [0.29, 0.717) is 16.7 Å². The van der Waals surface area contributed by atoms with Crippen molar-refractivity contribution in [2.45, 2.75) is 131 Å². The fourth-order valence-electron chi connectivity index (χ4n) is 10.9. The van der Waals surface area contributed by atoms with Gasteiger partial charge in [0.1, 0.15) is 17.4 Å². The maximum Gasteiger partial charge on any atom is 0.344 e. The average Bonchev–Trinajstić information content (AvgIpc) is 3.37. The van der Waals surface area contributed by atoms with E-state index in [9.17, 15) is 9.59 Å². The first kappa shape index (κ1) is 33.3. The lowest BCUT2D eigenvalue weighted by Gasteiger charge is -2.58. The third-order valence-corrected chi connectivity index (χ3v) is 13.2. The summed E-state index contributed by atoms with van der Waals surface area (Å²) in [5, 5.41) is 0.909. The maximum atomic E-state index is 12.9. The highest BCUT2D eigenvalue weighted by Gasteiger charge is 2.59. The molecule has 8 atom stereocenters. The Balaban J connectivity index is 1.05. The van der Waals surface area contributed by atoms with E-state index in [4.69, 9.17) is 13.9 Å². The first-order valence-electron chi connectivity index (χ1n) is 18.6. The zero-order valence-electron chi connectivity index (χ0n) is 29.4. The van der Waals surface area contributed by atoms with Gasteiger partial charge < -0.3 is 13.9 Å². The van der Waals surface area contributed by atoms with Gasteiger partial charge in [0.05, 0.1) is 0 Å². The number of esters is 1. The van der Waals surface area contributed by atoms with Gasteiger partial charge >= 0.3 is 11.6 Å². The van der Waals surface area contributed by atoms with Gasteiger partial charge in [-0.05, 0) is 115 Å². The van der Waals surface area contributed by atoms with Crippen molar-refractivity contribution in [2.75, 3.05) is 6.61 Å². The van der Waals surface area contributed by atoms with Crippen LogP contribution >= 0.6 is 0 Å². The number of hydrogen-bond donors (Lipinski definition) is 0. The number of ether oxygens (including phenoxy) is 2. The third kappa shape index (κ3) is 6.46. The second kappa shape index (κ2) is 13.5. The summed E-state index contributed by atoms with van der Waals surface area (Å²) in [7, 11) is 0. The zero-order valence-corrected chi connectivity index (χ0v) is 29.4. The van der Waals surface area contributed by atoms with Crippen molar-refractivity contribution in [3.63, 3.8) is 0 Å². The number of hydrogen-bond acceptors (Lipinski definition) is 5. The van der Waals surface area contributed by atoms with Crippen LogP contribution in [0.25, 0.3) is 11.0 Å². The Morgan fingerprint density at radius 1 is 1.02 bits per heavy atom. The molecule has 252 valence electrons. The standard InChI is InChI=1S/C41H58O5/c1-7-9-28-22-38(42)46-37-24-30(13-15-32(28)37)44-25-39(43)45-31-18-20-40(5)29(23-31)12-14-33-35-17-16-34(27(4)11-8-10-26(2)3)41(35,6)21-19-36(33)40/h12-13,15,22,24,26-27,31,33-36H,7-11,14,16-21,23,25H2,1-6H3/t27-,31+,33+,34-,35+,36-,40+,41-/m1/s1. The molecule has 0 N–H and O–H groups in total. The van der Waals surface area contributed by atoms with Gasteiger partial charge in [0.15, 0.2) is 6.61 Å². The van der Waals surface area contributed by atoms with Crippen LogP contribution in [0.3, 0.4) is 0 Å². The molecule has 6 rings (SSSR count). The summed E-state index contributed by atoms with van der Waals surface area (Å²) in [6.07, 6.45) is 18.0. The normalized spacial score (nSPS) is 32.8. The fourth-order valence-corrected chi connectivity index (χ4v) is 10.9. The van der Waals surface area contributed by atoms with Crippen LogP contribution in [0.2, 0.25) is 0 Å². The molecule has 4 aliphatic rings. The summed E-state index contributed by atoms with van der Waals surface area (Å²) in [5.74, 6) is 5.11. The summed E-state index contributed by atoms with van der Waals surface area (Å²) in [6, 6.07) is 7.00. The molecule has 3 saturated carbocycles. The summed E-state index contributed by atoms with van der Waals surface area (Å²) in [4.78, 5) is 25.0. The predicted octanol–water partition coefficient (Wildman–Crippen LogP) is 10.1. The second-order valence-electron chi connectivity index (χ2n) is 16.4. The molecule has 5 heteroatoms. The molecule has 1 heterocycles. The van der Waals surface area contributed by atoms with Crippen LogP contribution in [0.1, 0.15) is 124 Å². The van der Waals surface area contributed by atoms with E-state index in [1.807, 2.05) is 12.1 Å². The van der Waals surface area contributed by atoms with Crippen LogP contribution in [-0.2, 0) is 16.0 Å². The SMILES string of the molecule is CCCc1cc(=O)oc2cc(OCC(=O)O[C@H]3CC[C@@]4(C)C(=CC[C@@H]5[C@H]4CC[C@]4(C)[C@@H]([C@H](C)CCCC(C)C)CC[C@@H]54)C3)ccc12. The highest BCUT2D eigenvalue weighted by Crippen LogP contribution is 2.67. The van der Waals surface area contributed by atoms with Crippen molar-refractivity contribution in [2.24, 2.45) is 46.3 Å². The lowest BCUT2D eigenvalue weighted by Crippen LogP contribution is -2.51. The van der Waals surface area contributed by atoms with E-state index in [-0.39, 0.29) is 29.7 Å². The number of carbonyl (C=O) groups excluding carboxylic acids is 1. The smallest absolute Gasteiger partial charge is 0.344 e. The molecular weight excluding hydrogens is 572 g/mol. The molecule has 0 bridgehead atoms. The topological polar surface area (TPSA) is 65.7 Å². The average molecular weight is 631 g/mol. The Labute approximate surface area is 276 Å². The molecule has 3 fully saturated rings. The monoisotopic (exact) mass is 630 g/mol. The maximum absolute atomic E-state index is 12.9. The minimum atomic E-state index is -0.364. The zero-order chi connectivity index (χ0) is 32.6. The van der Waals surface area contributed by atoms with Crippen molar-refractivity contribution in [1.29, 1.82) is 0 Å². The van der Waals surface area contributed by atoms with Gasteiger partial charge in [-0.3, -0.25) is 0 Å². The number of allylic oxidation sites excluding steroid dienone is 1. The Hall–Kier alpha value is -2.56. The number of carbonyl (C=O) groups is 1. The van der Waals surface area contributed by atoms with E-state index in [1.165, 1.54) is 56.9 Å². The van der Waals surface area contributed by atoms with Gasteiger partial charge in [-0.2, -0.15) is 0 Å².